The highest BCUT2D eigenvalue weighted by Crippen LogP contribution is 2.14. The van der Waals surface area contributed by atoms with Gasteiger partial charge >= 0.3 is 0 Å². The van der Waals surface area contributed by atoms with Crippen molar-refractivity contribution >= 4 is 0 Å². The SMILES string of the molecule is CC(C)=CCC/C(C)=C/CC/C(C)=C/CC/C(C)=C/COOc1ccccc1. The lowest BCUT2D eigenvalue weighted by Gasteiger charge is -2.04. The molecule has 0 bridgehead atoms. The van der Waals surface area contributed by atoms with Crippen molar-refractivity contribution in [3.8, 4) is 5.75 Å². The molecule has 0 aromatic heterocycles. The molecule has 0 fully saturated rings. The molecule has 0 radical (unpaired) electrons. The zero-order valence-corrected chi connectivity index (χ0v) is 18.5. The van der Waals surface area contributed by atoms with E-state index in [9.17, 15) is 0 Å². The van der Waals surface area contributed by atoms with Crippen LogP contribution in [0.3, 0.4) is 0 Å². The Balaban J connectivity index is 2.17. The van der Waals surface area contributed by atoms with Gasteiger partial charge in [0.05, 0.1) is 0 Å². The van der Waals surface area contributed by atoms with Crippen LogP contribution >= 0.6 is 0 Å². The van der Waals surface area contributed by atoms with Gasteiger partial charge in [0.25, 0.3) is 0 Å². The van der Waals surface area contributed by atoms with Gasteiger partial charge in [-0.25, -0.2) is 0 Å². The van der Waals surface area contributed by atoms with Gasteiger partial charge in [0, 0.05) is 0 Å². The minimum Gasteiger partial charge on any atom is -0.337 e. The molecule has 154 valence electrons. The van der Waals surface area contributed by atoms with E-state index in [0.29, 0.717) is 6.61 Å². The minimum atomic E-state index is 0.472. The van der Waals surface area contributed by atoms with Crippen LogP contribution in [0.25, 0.3) is 0 Å². The summed E-state index contributed by atoms with van der Waals surface area (Å²) in [6.45, 7) is 11.4. The van der Waals surface area contributed by atoms with Crippen LogP contribution in [0.1, 0.15) is 73.1 Å². The molecule has 0 N–H and O–H groups in total. The van der Waals surface area contributed by atoms with Crippen LogP contribution in [-0.2, 0) is 4.89 Å². The molecule has 0 aliphatic carbocycles. The van der Waals surface area contributed by atoms with Gasteiger partial charge in [-0.15, -0.1) is 0 Å². The second kappa shape index (κ2) is 14.9. The van der Waals surface area contributed by atoms with E-state index >= 15 is 0 Å². The second-order valence-corrected chi connectivity index (χ2v) is 7.73. The normalized spacial score (nSPS) is 12.8. The summed E-state index contributed by atoms with van der Waals surface area (Å²) in [5, 5.41) is 0. The lowest BCUT2D eigenvalue weighted by atomic mass is 10.0. The number of rotatable bonds is 13. The third-order valence-electron chi connectivity index (χ3n) is 4.55. The maximum absolute atomic E-state index is 5.23. The number of benzene rings is 1. The van der Waals surface area contributed by atoms with Gasteiger partial charge in [0.1, 0.15) is 6.61 Å². The summed E-state index contributed by atoms with van der Waals surface area (Å²) in [7, 11) is 0. The molecule has 0 saturated carbocycles. The topological polar surface area (TPSA) is 18.5 Å². The number of hydrogen-bond donors (Lipinski definition) is 0. The van der Waals surface area contributed by atoms with Crippen LogP contribution < -0.4 is 4.89 Å². The molecule has 0 heterocycles. The summed E-state index contributed by atoms with van der Waals surface area (Å²) >= 11 is 0. The van der Waals surface area contributed by atoms with Crippen LogP contribution in [0.4, 0.5) is 0 Å². The van der Waals surface area contributed by atoms with Crippen LogP contribution in [0, 0.1) is 0 Å². The highest BCUT2D eigenvalue weighted by atomic mass is 17.2. The monoisotopic (exact) mass is 382 g/mol. The van der Waals surface area contributed by atoms with Gasteiger partial charge < -0.3 is 4.89 Å². The van der Waals surface area contributed by atoms with Crippen molar-refractivity contribution in [1.82, 2.24) is 0 Å². The Kier molecular flexibility index (Phi) is 12.8. The third kappa shape index (κ3) is 13.2. The molecule has 0 unspecified atom stereocenters. The van der Waals surface area contributed by atoms with Crippen molar-refractivity contribution in [3.05, 3.63) is 76.9 Å². The van der Waals surface area contributed by atoms with Crippen molar-refractivity contribution < 1.29 is 9.78 Å². The van der Waals surface area contributed by atoms with Crippen LogP contribution in [0.5, 0.6) is 5.75 Å². The minimum absolute atomic E-state index is 0.472. The molecule has 28 heavy (non-hydrogen) atoms. The van der Waals surface area contributed by atoms with Gasteiger partial charge in [-0.2, -0.15) is 4.89 Å². The molecule has 1 aromatic rings. The van der Waals surface area contributed by atoms with Crippen molar-refractivity contribution in [2.24, 2.45) is 0 Å². The standard InChI is InChI=1S/C26H38O2/c1-22(2)12-9-13-23(3)14-10-15-24(4)16-11-17-25(5)20-21-27-28-26-18-7-6-8-19-26/h6-8,12,14,16,18-20H,9-11,13,15,17,21H2,1-5H3/b23-14+,24-16+,25-20+. The summed E-state index contributed by atoms with van der Waals surface area (Å²) in [6.07, 6.45) is 15.9. The molecule has 0 atom stereocenters. The van der Waals surface area contributed by atoms with Crippen molar-refractivity contribution in [3.63, 3.8) is 0 Å². The molecule has 2 nitrogen and oxygen atoms in total. The molecule has 0 saturated heterocycles. The Morgan fingerprint density at radius 2 is 1.18 bits per heavy atom. The van der Waals surface area contributed by atoms with Gasteiger partial charge in [-0.05, 0) is 85.3 Å². The Labute approximate surface area is 172 Å². The summed E-state index contributed by atoms with van der Waals surface area (Å²) in [4.78, 5) is 10.5. The molecule has 1 rings (SSSR count). The Morgan fingerprint density at radius 1 is 0.679 bits per heavy atom. The first kappa shape index (κ1) is 24.0. The predicted molar refractivity (Wildman–Crippen MR) is 121 cm³/mol. The zero-order chi connectivity index (χ0) is 20.6. The lowest BCUT2D eigenvalue weighted by Crippen LogP contribution is -1.97. The number of allylic oxidation sites excluding steroid dienone is 7. The molecule has 0 aliphatic rings. The first-order valence-corrected chi connectivity index (χ1v) is 10.4. The quantitative estimate of drug-likeness (QED) is 0.148. The average molecular weight is 383 g/mol. The van der Waals surface area contributed by atoms with Gasteiger partial charge in [-0.3, -0.25) is 0 Å². The number of para-hydroxylation sites is 1. The van der Waals surface area contributed by atoms with Gasteiger partial charge in [-0.1, -0.05) is 64.8 Å². The van der Waals surface area contributed by atoms with E-state index in [4.69, 9.17) is 9.78 Å². The molecular weight excluding hydrogens is 344 g/mol. The summed E-state index contributed by atoms with van der Waals surface area (Å²) in [5.74, 6) is 0.730. The molecular formula is C26H38O2. The van der Waals surface area contributed by atoms with Crippen molar-refractivity contribution in [1.29, 1.82) is 0 Å². The summed E-state index contributed by atoms with van der Waals surface area (Å²) in [5.41, 5.74) is 5.72. The van der Waals surface area contributed by atoms with E-state index in [2.05, 4.69) is 58.9 Å². The Bertz CT molecular complexity index is 659. The van der Waals surface area contributed by atoms with Crippen LogP contribution in [0.2, 0.25) is 0 Å². The first-order chi connectivity index (χ1) is 13.5. The highest BCUT2D eigenvalue weighted by Gasteiger charge is 1.95. The second-order valence-electron chi connectivity index (χ2n) is 7.73. The van der Waals surface area contributed by atoms with Crippen molar-refractivity contribution in [2.75, 3.05) is 6.61 Å². The Hall–Kier alpha value is -2.06. The van der Waals surface area contributed by atoms with E-state index in [1.54, 1.807) is 0 Å². The molecule has 2 heteroatoms. The maximum atomic E-state index is 5.23. The fourth-order valence-corrected chi connectivity index (χ4v) is 2.74. The predicted octanol–water partition coefficient (Wildman–Crippen LogP) is 8.14. The van der Waals surface area contributed by atoms with Crippen LogP contribution in [0.15, 0.2) is 76.9 Å². The van der Waals surface area contributed by atoms with E-state index in [1.807, 2.05) is 30.3 Å². The van der Waals surface area contributed by atoms with Gasteiger partial charge in [0.2, 0.25) is 0 Å². The smallest absolute Gasteiger partial charge is 0.165 e. The zero-order valence-electron chi connectivity index (χ0n) is 18.5. The van der Waals surface area contributed by atoms with E-state index in [-0.39, 0.29) is 0 Å². The fourth-order valence-electron chi connectivity index (χ4n) is 2.74. The highest BCUT2D eigenvalue weighted by molar-refractivity contribution is 5.20. The number of hydrogen-bond acceptors (Lipinski definition) is 2. The first-order valence-electron chi connectivity index (χ1n) is 10.4. The fraction of sp³-hybridized carbons (Fsp3) is 0.462. The van der Waals surface area contributed by atoms with E-state index in [1.165, 1.54) is 28.7 Å². The van der Waals surface area contributed by atoms with Crippen molar-refractivity contribution in [2.45, 2.75) is 73.1 Å². The van der Waals surface area contributed by atoms with Gasteiger partial charge in [0.15, 0.2) is 5.75 Å². The van der Waals surface area contributed by atoms with E-state index in [0.717, 1.165) is 37.9 Å². The average Bonchev–Trinajstić information content (AvgIpc) is 2.66. The third-order valence-corrected chi connectivity index (χ3v) is 4.55. The molecule has 0 amide bonds. The lowest BCUT2D eigenvalue weighted by molar-refractivity contribution is -0.195. The largest absolute Gasteiger partial charge is 0.337 e. The Morgan fingerprint density at radius 3 is 1.71 bits per heavy atom. The van der Waals surface area contributed by atoms with E-state index < -0.39 is 0 Å². The molecule has 1 aromatic carbocycles. The maximum Gasteiger partial charge on any atom is 0.165 e. The molecule has 0 spiro atoms. The summed E-state index contributed by atoms with van der Waals surface area (Å²) < 4.78 is 0. The summed E-state index contributed by atoms with van der Waals surface area (Å²) in [6, 6.07) is 9.57. The van der Waals surface area contributed by atoms with Crippen LogP contribution in [-0.4, -0.2) is 6.61 Å². The molecule has 0 aliphatic heterocycles.